The highest BCUT2D eigenvalue weighted by Crippen LogP contribution is 2.47. The Morgan fingerprint density at radius 2 is 1.74 bits per heavy atom. The summed E-state index contributed by atoms with van der Waals surface area (Å²) in [4.78, 5) is 17.5. The molecule has 0 spiro atoms. The summed E-state index contributed by atoms with van der Waals surface area (Å²) in [7, 11) is 2.07. The number of nitrogens with zero attached hydrogens (tertiary/aromatic N) is 2. The van der Waals surface area contributed by atoms with E-state index in [-0.39, 0.29) is 0 Å². The van der Waals surface area contributed by atoms with Crippen molar-refractivity contribution in [3.8, 4) is 0 Å². The van der Waals surface area contributed by atoms with E-state index in [9.17, 15) is 4.79 Å². The molecule has 2 saturated carbocycles. The minimum absolute atomic E-state index is 0.315. The van der Waals surface area contributed by atoms with Crippen molar-refractivity contribution in [2.75, 3.05) is 13.6 Å². The topological polar surface area (TPSA) is 23.6 Å². The zero-order valence-electron chi connectivity index (χ0n) is 12.1. The summed E-state index contributed by atoms with van der Waals surface area (Å²) in [5.41, 5.74) is 0. The second-order valence-corrected chi connectivity index (χ2v) is 7.23. The molecule has 0 bridgehead atoms. The lowest BCUT2D eigenvalue weighted by molar-refractivity contribution is -0.157. The van der Waals surface area contributed by atoms with Gasteiger partial charge in [-0.2, -0.15) is 0 Å². The van der Waals surface area contributed by atoms with E-state index in [1.807, 2.05) is 0 Å². The molecule has 2 aliphatic carbocycles. The molecule has 2 saturated heterocycles. The van der Waals surface area contributed by atoms with Gasteiger partial charge in [0.15, 0.2) is 0 Å². The van der Waals surface area contributed by atoms with Crippen LogP contribution in [-0.2, 0) is 4.79 Å². The van der Waals surface area contributed by atoms with E-state index < -0.39 is 0 Å². The normalized spacial score (nSPS) is 46.7. The van der Waals surface area contributed by atoms with Gasteiger partial charge in [-0.25, -0.2) is 0 Å². The van der Waals surface area contributed by atoms with E-state index in [4.69, 9.17) is 0 Å². The third-order valence-electron chi connectivity index (χ3n) is 6.35. The maximum Gasteiger partial charge on any atom is 0.228 e. The van der Waals surface area contributed by atoms with Crippen LogP contribution in [0.25, 0.3) is 0 Å². The van der Waals surface area contributed by atoms with Crippen molar-refractivity contribution in [3.63, 3.8) is 0 Å². The number of carbonyl (C=O) groups excluding carboxylic acids is 1. The zero-order chi connectivity index (χ0) is 13.0. The Labute approximate surface area is 116 Å². The van der Waals surface area contributed by atoms with Crippen molar-refractivity contribution < 1.29 is 4.79 Å². The number of fused-ring (bicyclic) bond motifs is 5. The molecule has 0 aromatic rings. The van der Waals surface area contributed by atoms with Crippen LogP contribution in [-0.4, -0.2) is 41.5 Å². The number of hydrogen-bond acceptors (Lipinski definition) is 2. The molecule has 1 amide bonds. The maximum atomic E-state index is 12.7. The van der Waals surface area contributed by atoms with Gasteiger partial charge >= 0.3 is 0 Å². The molecule has 0 N–H and O–H groups in total. The quantitative estimate of drug-likeness (QED) is 0.669. The third-order valence-corrected chi connectivity index (χ3v) is 6.35. The Hall–Kier alpha value is -0.570. The molecule has 2 heterocycles. The number of hydrogen-bond donors (Lipinski definition) is 0. The Morgan fingerprint density at radius 1 is 1.00 bits per heavy atom. The van der Waals surface area contributed by atoms with Gasteiger partial charge in [0.2, 0.25) is 5.91 Å². The van der Waals surface area contributed by atoms with Gasteiger partial charge in [0.25, 0.3) is 0 Å². The molecule has 4 aliphatic rings. The van der Waals surface area contributed by atoms with E-state index in [0.29, 0.717) is 24.0 Å². The molecule has 19 heavy (non-hydrogen) atoms. The summed E-state index contributed by atoms with van der Waals surface area (Å²) < 4.78 is 0. The van der Waals surface area contributed by atoms with Crippen molar-refractivity contribution in [1.29, 1.82) is 0 Å². The van der Waals surface area contributed by atoms with Crippen LogP contribution in [0.4, 0.5) is 0 Å². The highest BCUT2D eigenvalue weighted by molar-refractivity contribution is 5.80. The number of amides is 1. The van der Waals surface area contributed by atoms with E-state index in [0.717, 1.165) is 18.3 Å². The molecule has 3 heteroatoms. The third kappa shape index (κ3) is 1.70. The fraction of sp³-hybridized carbons (Fsp3) is 0.938. The van der Waals surface area contributed by atoms with Crippen LogP contribution in [0.3, 0.4) is 0 Å². The first-order valence-electron chi connectivity index (χ1n) is 8.30. The van der Waals surface area contributed by atoms with Crippen molar-refractivity contribution in [3.05, 3.63) is 0 Å². The largest absolute Gasteiger partial charge is 0.329 e. The van der Waals surface area contributed by atoms with Crippen LogP contribution in [0.15, 0.2) is 0 Å². The molecular formula is C16H26N2O. The Bertz CT molecular complexity index is 383. The van der Waals surface area contributed by atoms with Crippen LogP contribution in [0.5, 0.6) is 0 Å². The molecule has 5 atom stereocenters. The molecular weight excluding hydrogens is 236 g/mol. The van der Waals surface area contributed by atoms with Gasteiger partial charge < -0.3 is 4.90 Å². The number of rotatable bonds is 0. The Morgan fingerprint density at radius 3 is 2.63 bits per heavy atom. The molecule has 0 aromatic carbocycles. The molecule has 4 fully saturated rings. The average molecular weight is 262 g/mol. The predicted octanol–water partition coefficient (Wildman–Crippen LogP) is 2.47. The molecule has 4 rings (SSSR count). The smallest absolute Gasteiger partial charge is 0.228 e. The summed E-state index contributed by atoms with van der Waals surface area (Å²) in [6.07, 6.45) is 11.0. The minimum atomic E-state index is 0.315. The summed E-state index contributed by atoms with van der Waals surface area (Å²) in [5, 5.41) is 0. The van der Waals surface area contributed by atoms with Gasteiger partial charge in [0, 0.05) is 19.6 Å². The van der Waals surface area contributed by atoms with Gasteiger partial charge in [-0.15, -0.1) is 0 Å². The Balaban J connectivity index is 1.66. The molecule has 106 valence electrons. The molecule has 0 aromatic heterocycles. The lowest BCUT2D eigenvalue weighted by Gasteiger charge is -2.50. The average Bonchev–Trinajstić information content (AvgIpc) is 2.84. The van der Waals surface area contributed by atoms with Crippen LogP contribution in [0.1, 0.15) is 51.4 Å². The molecule has 2 aliphatic heterocycles. The maximum absolute atomic E-state index is 12.7. The predicted molar refractivity (Wildman–Crippen MR) is 74.5 cm³/mol. The lowest BCUT2D eigenvalue weighted by atomic mass is 9.78. The zero-order valence-corrected chi connectivity index (χ0v) is 12.1. The first-order chi connectivity index (χ1) is 9.27. The fourth-order valence-corrected chi connectivity index (χ4v) is 5.51. The van der Waals surface area contributed by atoms with Gasteiger partial charge in [-0.1, -0.05) is 25.7 Å². The van der Waals surface area contributed by atoms with E-state index >= 15 is 0 Å². The first kappa shape index (κ1) is 12.2. The second kappa shape index (κ2) is 4.47. The fourth-order valence-electron chi connectivity index (χ4n) is 5.51. The molecule has 0 radical (unpaired) electrons. The highest BCUT2D eigenvalue weighted by Gasteiger charge is 2.54. The summed E-state index contributed by atoms with van der Waals surface area (Å²) >= 11 is 0. The second-order valence-electron chi connectivity index (χ2n) is 7.23. The summed E-state index contributed by atoms with van der Waals surface area (Å²) in [5.74, 6) is 2.41. The van der Waals surface area contributed by atoms with E-state index in [1.54, 1.807) is 0 Å². The Kier molecular flexibility index (Phi) is 2.87. The van der Waals surface area contributed by atoms with Crippen LogP contribution in [0.2, 0.25) is 0 Å². The van der Waals surface area contributed by atoms with Gasteiger partial charge in [-0.05, 0) is 37.5 Å². The lowest BCUT2D eigenvalue weighted by Crippen LogP contribution is -2.63. The van der Waals surface area contributed by atoms with Crippen molar-refractivity contribution in [2.24, 2.45) is 17.8 Å². The SMILES string of the molecule is CN1C(=O)C2CCCCC2N2CC3CCCCC3C12. The van der Waals surface area contributed by atoms with Gasteiger partial charge in [0.05, 0.1) is 12.1 Å². The van der Waals surface area contributed by atoms with Crippen LogP contribution < -0.4 is 0 Å². The van der Waals surface area contributed by atoms with Crippen molar-refractivity contribution in [1.82, 2.24) is 9.80 Å². The van der Waals surface area contributed by atoms with Crippen LogP contribution >= 0.6 is 0 Å². The van der Waals surface area contributed by atoms with Gasteiger partial charge in [0.1, 0.15) is 0 Å². The monoisotopic (exact) mass is 262 g/mol. The standard InChI is InChI=1S/C16H26N2O/c1-17-15-12-7-3-2-6-11(12)10-18(15)14-9-5-4-8-13(14)16(17)19/h11-15H,2-10H2,1H3. The van der Waals surface area contributed by atoms with E-state index in [1.165, 1.54) is 51.5 Å². The van der Waals surface area contributed by atoms with Crippen molar-refractivity contribution >= 4 is 5.91 Å². The molecule has 5 unspecified atom stereocenters. The van der Waals surface area contributed by atoms with Gasteiger partial charge in [-0.3, -0.25) is 9.69 Å². The van der Waals surface area contributed by atoms with E-state index in [2.05, 4.69) is 16.8 Å². The first-order valence-corrected chi connectivity index (χ1v) is 8.30. The highest BCUT2D eigenvalue weighted by atomic mass is 16.2. The number of carbonyl (C=O) groups is 1. The molecule has 3 nitrogen and oxygen atoms in total. The minimum Gasteiger partial charge on any atom is -0.329 e. The van der Waals surface area contributed by atoms with Crippen molar-refractivity contribution in [2.45, 2.75) is 63.6 Å². The summed E-state index contributed by atoms with van der Waals surface area (Å²) in [6, 6.07) is 0.577. The summed E-state index contributed by atoms with van der Waals surface area (Å²) in [6.45, 7) is 1.27. The van der Waals surface area contributed by atoms with Crippen LogP contribution in [0, 0.1) is 17.8 Å².